The van der Waals surface area contributed by atoms with Gasteiger partial charge < -0.3 is 0 Å². The van der Waals surface area contributed by atoms with Crippen LogP contribution >= 0.6 is 0 Å². The molecule has 0 aliphatic heterocycles. The highest BCUT2D eigenvalue weighted by atomic mass is 14.2. The van der Waals surface area contributed by atoms with Gasteiger partial charge in [0.05, 0.1) is 0 Å². The van der Waals surface area contributed by atoms with Crippen molar-refractivity contribution in [3.05, 3.63) is 0 Å². The zero-order valence-electron chi connectivity index (χ0n) is 11.1. The topological polar surface area (TPSA) is 0 Å². The van der Waals surface area contributed by atoms with E-state index in [1.807, 2.05) is 0 Å². The van der Waals surface area contributed by atoms with Crippen molar-refractivity contribution in [2.75, 3.05) is 0 Å². The van der Waals surface area contributed by atoms with Gasteiger partial charge >= 0.3 is 0 Å². The van der Waals surface area contributed by atoms with Crippen LogP contribution in [0.5, 0.6) is 0 Å². The van der Waals surface area contributed by atoms with Crippen molar-refractivity contribution in [2.45, 2.75) is 67.2 Å². The summed E-state index contributed by atoms with van der Waals surface area (Å²) in [5.74, 6) is 3.57. The van der Waals surface area contributed by atoms with Crippen molar-refractivity contribution >= 4 is 0 Å². The fourth-order valence-electron chi connectivity index (χ4n) is 1.76. The molecule has 0 spiro atoms. The lowest BCUT2D eigenvalue weighted by molar-refractivity contribution is 0.303. The molecule has 0 fully saturated rings. The second kappa shape index (κ2) is 7.31. The first-order chi connectivity index (χ1) is 6.43. The monoisotopic (exact) mass is 198 g/mol. The van der Waals surface area contributed by atoms with Crippen molar-refractivity contribution in [2.24, 2.45) is 23.7 Å². The van der Waals surface area contributed by atoms with Gasteiger partial charge in [0, 0.05) is 0 Å². The second-order valence-electron chi connectivity index (χ2n) is 5.90. The summed E-state index contributed by atoms with van der Waals surface area (Å²) < 4.78 is 0. The molecular weight excluding hydrogens is 168 g/mol. The quantitative estimate of drug-likeness (QED) is 0.532. The van der Waals surface area contributed by atoms with Gasteiger partial charge in [0.2, 0.25) is 0 Å². The van der Waals surface area contributed by atoms with Crippen molar-refractivity contribution in [3.8, 4) is 0 Å². The molecule has 0 N–H and O–H groups in total. The van der Waals surface area contributed by atoms with Crippen LogP contribution in [0.15, 0.2) is 0 Å². The summed E-state index contributed by atoms with van der Waals surface area (Å²) >= 11 is 0. The molecule has 14 heavy (non-hydrogen) atoms. The minimum atomic E-state index is 0.870. The van der Waals surface area contributed by atoms with E-state index >= 15 is 0 Å². The molecule has 0 aromatic rings. The highest BCUT2D eigenvalue weighted by molar-refractivity contribution is 4.64. The molecule has 0 aromatic heterocycles. The molecule has 2 atom stereocenters. The van der Waals surface area contributed by atoms with Crippen LogP contribution in [0.4, 0.5) is 0 Å². The van der Waals surface area contributed by atoms with Gasteiger partial charge in [-0.3, -0.25) is 0 Å². The highest BCUT2D eigenvalue weighted by Crippen LogP contribution is 2.24. The molecule has 1 unspecified atom stereocenters. The van der Waals surface area contributed by atoms with E-state index in [2.05, 4.69) is 41.5 Å². The Bertz CT molecular complexity index is 108. The predicted molar refractivity (Wildman–Crippen MR) is 66.5 cm³/mol. The fraction of sp³-hybridized carbons (Fsp3) is 1.00. The Morgan fingerprint density at radius 2 is 0.786 bits per heavy atom. The van der Waals surface area contributed by atoms with Crippen molar-refractivity contribution in [1.82, 2.24) is 0 Å². The highest BCUT2D eigenvalue weighted by Gasteiger charge is 2.12. The zero-order valence-corrected chi connectivity index (χ0v) is 11.1. The summed E-state index contributed by atoms with van der Waals surface area (Å²) in [6.45, 7) is 14.1. The van der Waals surface area contributed by atoms with E-state index in [0.717, 1.165) is 23.7 Å². The molecule has 0 radical (unpaired) electrons. The van der Waals surface area contributed by atoms with E-state index in [4.69, 9.17) is 0 Å². The van der Waals surface area contributed by atoms with Crippen LogP contribution in [0, 0.1) is 23.7 Å². The van der Waals surface area contributed by atoms with Crippen molar-refractivity contribution in [3.63, 3.8) is 0 Å². The van der Waals surface area contributed by atoms with Crippen LogP contribution in [-0.2, 0) is 0 Å². The van der Waals surface area contributed by atoms with E-state index in [1.54, 1.807) is 0 Å². The second-order valence-corrected chi connectivity index (χ2v) is 5.90. The first-order valence-corrected chi connectivity index (χ1v) is 6.43. The summed E-state index contributed by atoms with van der Waals surface area (Å²) in [5.41, 5.74) is 0. The molecule has 0 aromatic carbocycles. The molecule has 0 heteroatoms. The summed E-state index contributed by atoms with van der Waals surface area (Å²) in [4.78, 5) is 0. The summed E-state index contributed by atoms with van der Waals surface area (Å²) in [6, 6.07) is 0. The average molecular weight is 198 g/mol. The molecule has 0 saturated heterocycles. The molecule has 0 aliphatic rings. The van der Waals surface area contributed by atoms with E-state index in [9.17, 15) is 0 Å². The maximum Gasteiger partial charge on any atom is -0.0417 e. The maximum atomic E-state index is 2.42. The molecule has 0 nitrogen and oxygen atoms in total. The van der Waals surface area contributed by atoms with E-state index in [0.29, 0.717) is 0 Å². The Kier molecular flexibility index (Phi) is 7.31. The Morgan fingerprint density at radius 1 is 0.500 bits per heavy atom. The third-order valence-electron chi connectivity index (χ3n) is 3.37. The number of hydrogen-bond acceptors (Lipinski definition) is 0. The molecule has 0 saturated carbocycles. The lowest BCUT2D eigenvalue weighted by atomic mass is 9.85. The lowest BCUT2D eigenvalue weighted by Gasteiger charge is -2.21. The summed E-state index contributed by atoms with van der Waals surface area (Å²) in [5, 5.41) is 0. The molecular formula is C14H30. The number of hydrogen-bond donors (Lipinski definition) is 0. The molecule has 0 bridgehead atoms. The van der Waals surface area contributed by atoms with Gasteiger partial charge in [-0.1, -0.05) is 67.2 Å². The minimum Gasteiger partial charge on any atom is -0.0628 e. The van der Waals surface area contributed by atoms with Crippen molar-refractivity contribution < 1.29 is 0 Å². The summed E-state index contributed by atoms with van der Waals surface area (Å²) in [7, 11) is 0. The fourth-order valence-corrected chi connectivity index (χ4v) is 1.76. The SMILES string of the molecule is CC(C)CCC(C)[C@H](C)CCC(C)C. The summed E-state index contributed by atoms with van der Waals surface area (Å²) in [6.07, 6.45) is 5.62. The molecule has 86 valence electrons. The third kappa shape index (κ3) is 7.41. The first-order valence-electron chi connectivity index (χ1n) is 6.43. The maximum absolute atomic E-state index is 2.42. The average Bonchev–Trinajstić information content (AvgIpc) is 2.09. The first kappa shape index (κ1) is 14.0. The van der Waals surface area contributed by atoms with Gasteiger partial charge in [-0.15, -0.1) is 0 Å². The smallest absolute Gasteiger partial charge is 0.0417 e. The van der Waals surface area contributed by atoms with E-state index < -0.39 is 0 Å². The van der Waals surface area contributed by atoms with Crippen LogP contribution in [-0.4, -0.2) is 0 Å². The standard InChI is InChI=1S/C14H30/c1-11(2)7-9-13(5)14(6)10-8-12(3)4/h11-14H,7-10H2,1-6H3/t13-,14?/m1/s1. The van der Waals surface area contributed by atoms with Gasteiger partial charge in [0.15, 0.2) is 0 Å². The van der Waals surface area contributed by atoms with E-state index in [1.165, 1.54) is 25.7 Å². The Hall–Kier alpha value is 0. The Balaban J connectivity index is 3.59. The van der Waals surface area contributed by atoms with E-state index in [-0.39, 0.29) is 0 Å². The largest absolute Gasteiger partial charge is 0.0628 e. The van der Waals surface area contributed by atoms with Crippen LogP contribution < -0.4 is 0 Å². The van der Waals surface area contributed by atoms with Crippen LogP contribution in [0.25, 0.3) is 0 Å². The normalized spacial score (nSPS) is 16.3. The molecule has 0 amide bonds. The Morgan fingerprint density at radius 3 is 1.00 bits per heavy atom. The van der Waals surface area contributed by atoms with Crippen LogP contribution in [0.1, 0.15) is 67.2 Å². The lowest BCUT2D eigenvalue weighted by Crippen LogP contribution is -2.10. The van der Waals surface area contributed by atoms with Gasteiger partial charge in [0.25, 0.3) is 0 Å². The minimum absolute atomic E-state index is 0.870. The predicted octanol–water partition coefficient (Wildman–Crippen LogP) is 5.13. The molecule has 0 aliphatic carbocycles. The van der Waals surface area contributed by atoms with Crippen LogP contribution in [0.3, 0.4) is 0 Å². The van der Waals surface area contributed by atoms with Gasteiger partial charge in [-0.05, 0) is 23.7 Å². The zero-order chi connectivity index (χ0) is 11.1. The molecule has 0 rings (SSSR count). The van der Waals surface area contributed by atoms with Crippen LogP contribution in [0.2, 0.25) is 0 Å². The number of rotatable bonds is 7. The third-order valence-corrected chi connectivity index (χ3v) is 3.37. The Labute approximate surface area is 91.5 Å². The van der Waals surface area contributed by atoms with Gasteiger partial charge in [-0.2, -0.15) is 0 Å². The molecule has 0 heterocycles. The van der Waals surface area contributed by atoms with Gasteiger partial charge in [0.1, 0.15) is 0 Å². The van der Waals surface area contributed by atoms with Crippen molar-refractivity contribution in [1.29, 1.82) is 0 Å². The van der Waals surface area contributed by atoms with Gasteiger partial charge in [-0.25, -0.2) is 0 Å².